The minimum absolute atomic E-state index is 0.0752. The molecular formula is C14H17N3O3. The molecule has 0 aliphatic heterocycles. The van der Waals surface area contributed by atoms with Crippen molar-refractivity contribution in [3.8, 4) is 0 Å². The lowest BCUT2D eigenvalue weighted by molar-refractivity contribution is -0.129. The fourth-order valence-corrected chi connectivity index (χ4v) is 2.22. The van der Waals surface area contributed by atoms with E-state index in [-0.39, 0.29) is 11.5 Å². The third-order valence-electron chi connectivity index (χ3n) is 3.29. The van der Waals surface area contributed by atoms with Gasteiger partial charge >= 0.3 is 5.97 Å². The molecule has 0 saturated carbocycles. The minimum atomic E-state index is -1.01. The van der Waals surface area contributed by atoms with Crippen LogP contribution in [0.4, 0.5) is 0 Å². The molecule has 0 aliphatic rings. The van der Waals surface area contributed by atoms with Crippen LogP contribution < -0.4 is 5.32 Å². The highest BCUT2D eigenvalue weighted by Crippen LogP contribution is 2.23. The van der Waals surface area contributed by atoms with Crippen LogP contribution in [0.2, 0.25) is 0 Å². The number of carbonyl (C=O) groups is 2. The lowest BCUT2D eigenvalue weighted by Gasteiger charge is -2.23. The van der Waals surface area contributed by atoms with Crippen molar-refractivity contribution < 1.29 is 14.7 Å². The van der Waals surface area contributed by atoms with E-state index in [1.807, 2.05) is 13.8 Å². The molecule has 0 aliphatic carbocycles. The van der Waals surface area contributed by atoms with Crippen LogP contribution in [0.25, 0.3) is 11.0 Å². The maximum absolute atomic E-state index is 11.8. The number of carboxylic acid groups (broad SMARTS) is 1. The molecule has 2 N–H and O–H groups in total. The second-order valence-corrected chi connectivity index (χ2v) is 5.31. The number of para-hydroxylation sites is 1. The number of benzene rings is 1. The van der Waals surface area contributed by atoms with Gasteiger partial charge in [0.2, 0.25) is 5.91 Å². The Balaban J connectivity index is 2.45. The summed E-state index contributed by atoms with van der Waals surface area (Å²) in [4.78, 5) is 27.1. The van der Waals surface area contributed by atoms with Crippen LogP contribution >= 0.6 is 0 Å². The maximum atomic E-state index is 11.8. The molecule has 1 heterocycles. The van der Waals surface area contributed by atoms with Crippen molar-refractivity contribution in [2.45, 2.75) is 20.4 Å². The zero-order chi connectivity index (χ0) is 14.9. The van der Waals surface area contributed by atoms with E-state index in [9.17, 15) is 9.59 Å². The number of aromatic nitrogens is 2. The number of nitrogens with zero attached hydrogens (tertiary/aromatic N) is 2. The molecule has 0 fully saturated rings. The van der Waals surface area contributed by atoms with E-state index < -0.39 is 11.4 Å². The quantitative estimate of drug-likeness (QED) is 0.885. The number of hydrogen-bond donors (Lipinski definition) is 2. The SMILES string of the molecule is CNC(=O)C(C)(C)Cn1cnc2c(C(=O)O)cccc21. The summed E-state index contributed by atoms with van der Waals surface area (Å²) in [5.41, 5.74) is 0.704. The fourth-order valence-electron chi connectivity index (χ4n) is 2.22. The van der Waals surface area contributed by atoms with E-state index in [1.54, 1.807) is 30.1 Å². The zero-order valence-corrected chi connectivity index (χ0v) is 11.7. The molecule has 0 saturated heterocycles. The second kappa shape index (κ2) is 4.96. The van der Waals surface area contributed by atoms with Gasteiger partial charge in [0.05, 0.1) is 22.8 Å². The number of carboxylic acids is 1. The summed E-state index contributed by atoms with van der Waals surface area (Å²) in [6, 6.07) is 5.00. The van der Waals surface area contributed by atoms with Gasteiger partial charge in [0.25, 0.3) is 0 Å². The Labute approximate surface area is 116 Å². The van der Waals surface area contributed by atoms with Crippen molar-refractivity contribution in [1.29, 1.82) is 0 Å². The maximum Gasteiger partial charge on any atom is 0.337 e. The Morgan fingerprint density at radius 3 is 2.70 bits per heavy atom. The molecule has 0 spiro atoms. The first-order valence-corrected chi connectivity index (χ1v) is 6.26. The van der Waals surface area contributed by atoms with Gasteiger partial charge in [-0.05, 0) is 26.0 Å². The van der Waals surface area contributed by atoms with Crippen LogP contribution in [0.15, 0.2) is 24.5 Å². The molecule has 2 rings (SSSR count). The normalized spacial score (nSPS) is 11.6. The minimum Gasteiger partial charge on any atom is -0.478 e. The Morgan fingerprint density at radius 2 is 2.10 bits per heavy atom. The third-order valence-corrected chi connectivity index (χ3v) is 3.29. The number of aromatic carboxylic acids is 1. The van der Waals surface area contributed by atoms with Gasteiger partial charge < -0.3 is 15.0 Å². The van der Waals surface area contributed by atoms with Crippen LogP contribution in [0, 0.1) is 5.41 Å². The van der Waals surface area contributed by atoms with Gasteiger partial charge in [-0.25, -0.2) is 9.78 Å². The summed E-state index contributed by atoms with van der Waals surface area (Å²) in [5.74, 6) is -1.08. The van der Waals surface area contributed by atoms with Gasteiger partial charge in [-0.15, -0.1) is 0 Å². The van der Waals surface area contributed by atoms with Crippen LogP contribution in [0.3, 0.4) is 0 Å². The number of hydrogen-bond acceptors (Lipinski definition) is 3. The van der Waals surface area contributed by atoms with Gasteiger partial charge in [-0.1, -0.05) is 6.07 Å². The molecule has 6 heteroatoms. The van der Waals surface area contributed by atoms with E-state index in [0.29, 0.717) is 17.6 Å². The van der Waals surface area contributed by atoms with E-state index in [2.05, 4.69) is 10.3 Å². The highest BCUT2D eigenvalue weighted by molar-refractivity contribution is 6.00. The molecule has 1 amide bonds. The van der Waals surface area contributed by atoms with Crippen molar-refractivity contribution in [2.75, 3.05) is 7.05 Å². The molecule has 1 aromatic carbocycles. The summed E-state index contributed by atoms with van der Waals surface area (Å²) >= 11 is 0. The standard InChI is InChI=1S/C14H17N3O3/c1-14(2,13(20)15-3)7-17-8-16-11-9(12(18)19)5-4-6-10(11)17/h4-6,8H,7H2,1-3H3,(H,15,20)(H,18,19). The predicted molar refractivity (Wildman–Crippen MR) is 74.5 cm³/mol. The van der Waals surface area contributed by atoms with Crippen molar-refractivity contribution >= 4 is 22.9 Å². The zero-order valence-electron chi connectivity index (χ0n) is 11.7. The Bertz CT molecular complexity index is 673. The second-order valence-electron chi connectivity index (χ2n) is 5.31. The highest BCUT2D eigenvalue weighted by atomic mass is 16.4. The first-order valence-electron chi connectivity index (χ1n) is 6.26. The highest BCUT2D eigenvalue weighted by Gasteiger charge is 2.28. The smallest absolute Gasteiger partial charge is 0.337 e. The molecule has 0 unspecified atom stereocenters. The van der Waals surface area contributed by atoms with Gasteiger partial charge in [0.15, 0.2) is 0 Å². The Hall–Kier alpha value is -2.37. The molecule has 0 bridgehead atoms. The van der Waals surface area contributed by atoms with Gasteiger partial charge in [-0.3, -0.25) is 4.79 Å². The first-order chi connectivity index (χ1) is 9.36. The van der Waals surface area contributed by atoms with E-state index in [0.717, 1.165) is 0 Å². The molecule has 1 aromatic heterocycles. The monoisotopic (exact) mass is 275 g/mol. The van der Waals surface area contributed by atoms with Crippen LogP contribution in [-0.2, 0) is 11.3 Å². The van der Waals surface area contributed by atoms with E-state index in [4.69, 9.17) is 5.11 Å². The molecule has 106 valence electrons. The molecule has 0 radical (unpaired) electrons. The van der Waals surface area contributed by atoms with Gasteiger partial charge in [-0.2, -0.15) is 0 Å². The summed E-state index contributed by atoms with van der Waals surface area (Å²) in [6.45, 7) is 4.09. The predicted octanol–water partition coefficient (Wildman–Crippen LogP) is 1.51. The molecular weight excluding hydrogens is 258 g/mol. The molecule has 0 atom stereocenters. The summed E-state index contributed by atoms with van der Waals surface area (Å²) in [6.07, 6.45) is 1.57. The van der Waals surface area contributed by atoms with Gasteiger partial charge in [0.1, 0.15) is 5.52 Å². The number of fused-ring (bicyclic) bond motifs is 1. The van der Waals surface area contributed by atoms with Gasteiger partial charge in [0, 0.05) is 13.6 Å². The fraction of sp³-hybridized carbons (Fsp3) is 0.357. The summed E-state index contributed by atoms with van der Waals surface area (Å²) < 4.78 is 1.80. The van der Waals surface area contributed by atoms with Crippen molar-refractivity contribution in [3.05, 3.63) is 30.1 Å². The van der Waals surface area contributed by atoms with Crippen molar-refractivity contribution in [3.63, 3.8) is 0 Å². The average Bonchev–Trinajstić information content (AvgIpc) is 2.80. The number of amides is 1. The number of imidazole rings is 1. The molecule has 2 aromatic rings. The Kier molecular flexibility index (Phi) is 3.48. The van der Waals surface area contributed by atoms with Crippen LogP contribution in [0.5, 0.6) is 0 Å². The number of nitrogens with one attached hydrogen (secondary N) is 1. The van der Waals surface area contributed by atoms with E-state index >= 15 is 0 Å². The van der Waals surface area contributed by atoms with Crippen LogP contribution in [-0.4, -0.2) is 33.6 Å². The lowest BCUT2D eigenvalue weighted by Crippen LogP contribution is -2.37. The molecule has 6 nitrogen and oxygen atoms in total. The average molecular weight is 275 g/mol. The van der Waals surface area contributed by atoms with Crippen molar-refractivity contribution in [2.24, 2.45) is 5.41 Å². The largest absolute Gasteiger partial charge is 0.478 e. The van der Waals surface area contributed by atoms with Crippen LogP contribution in [0.1, 0.15) is 24.2 Å². The summed E-state index contributed by atoms with van der Waals surface area (Å²) in [7, 11) is 1.60. The number of rotatable bonds is 4. The number of carbonyl (C=O) groups excluding carboxylic acids is 1. The third kappa shape index (κ3) is 2.36. The first kappa shape index (κ1) is 14.0. The van der Waals surface area contributed by atoms with Crippen molar-refractivity contribution in [1.82, 2.24) is 14.9 Å². The van der Waals surface area contributed by atoms with E-state index in [1.165, 1.54) is 6.07 Å². The lowest BCUT2D eigenvalue weighted by atomic mass is 9.92. The molecule has 20 heavy (non-hydrogen) atoms. The Morgan fingerprint density at radius 1 is 1.40 bits per heavy atom. The summed E-state index contributed by atoms with van der Waals surface area (Å²) in [5, 5.41) is 11.8. The topological polar surface area (TPSA) is 84.2 Å².